The third-order valence-corrected chi connectivity index (χ3v) is 5.28. The molecule has 1 N–H and O–H groups in total. The van der Waals surface area contributed by atoms with Crippen LogP contribution in [0, 0.1) is 11.3 Å². The van der Waals surface area contributed by atoms with Gasteiger partial charge >= 0.3 is 0 Å². The lowest BCUT2D eigenvalue weighted by Gasteiger charge is -2.38. The molecule has 1 aromatic heterocycles. The average molecular weight is 295 g/mol. The number of hydrogen-bond donors (Lipinski definition) is 1. The Balaban J connectivity index is 2.19. The van der Waals surface area contributed by atoms with E-state index in [9.17, 15) is 0 Å². The van der Waals surface area contributed by atoms with Gasteiger partial charge in [0.1, 0.15) is 0 Å². The van der Waals surface area contributed by atoms with Gasteiger partial charge in [-0.1, -0.05) is 40.7 Å². The minimum Gasteiger partial charge on any atom is -0.312 e. The first-order valence-corrected chi connectivity index (χ1v) is 8.78. The van der Waals surface area contributed by atoms with Crippen LogP contribution >= 0.6 is 11.3 Å². The second kappa shape index (κ2) is 6.59. The molecule has 1 saturated heterocycles. The van der Waals surface area contributed by atoms with E-state index in [1.807, 2.05) is 11.3 Å². The van der Waals surface area contributed by atoms with E-state index < -0.39 is 0 Å². The van der Waals surface area contributed by atoms with Crippen molar-refractivity contribution in [1.82, 2.24) is 10.2 Å². The monoisotopic (exact) mass is 294 g/mol. The van der Waals surface area contributed by atoms with Crippen molar-refractivity contribution in [3.8, 4) is 0 Å². The Morgan fingerprint density at radius 2 is 2.10 bits per heavy atom. The van der Waals surface area contributed by atoms with Crippen LogP contribution in [-0.4, -0.2) is 30.6 Å². The fourth-order valence-electron chi connectivity index (χ4n) is 3.17. The van der Waals surface area contributed by atoms with Crippen molar-refractivity contribution in [2.24, 2.45) is 11.3 Å². The summed E-state index contributed by atoms with van der Waals surface area (Å²) in [6.07, 6.45) is 1.25. The largest absolute Gasteiger partial charge is 0.312 e. The Labute approximate surface area is 128 Å². The maximum absolute atomic E-state index is 3.75. The van der Waals surface area contributed by atoms with Gasteiger partial charge < -0.3 is 5.32 Å². The number of thiophene rings is 1. The fraction of sp³-hybridized carbons (Fsp3) is 0.765. The molecule has 2 rings (SSSR count). The summed E-state index contributed by atoms with van der Waals surface area (Å²) >= 11 is 1.91. The highest BCUT2D eigenvalue weighted by Crippen LogP contribution is 2.34. The van der Waals surface area contributed by atoms with E-state index in [-0.39, 0.29) is 0 Å². The van der Waals surface area contributed by atoms with Gasteiger partial charge in [-0.3, -0.25) is 4.90 Å². The molecule has 1 aliphatic heterocycles. The third kappa shape index (κ3) is 3.84. The van der Waals surface area contributed by atoms with Crippen LogP contribution in [-0.2, 0) is 0 Å². The van der Waals surface area contributed by atoms with Crippen LogP contribution in [0.5, 0.6) is 0 Å². The highest BCUT2D eigenvalue weighted by molar-refractivity contribution is 7.10. The van der Waals surface area contributed by atoms with E-state index in [0.29, 0.717) is 23.4 Å². The Bertz CT molecular complexity index is 392. The molecule has 0 radical (unpaired) electrons. The molecule has 0 spiro atoms. The zero-order valence-electron chi connectivity index (χ0n) is 13.6. The Kier molecular flexibility index (Phi) is 5.27. The minimum atomic E-state index is 0.319. The lowest BCUT2D eigenvalue weighted by Crippen LogP contribution is -2.47. The molecule has 0 amide bonds. The van der Waals surface area contributed by atoms with Crippen LogP contribution in [0.2, 0.25) is 0 Å². The molecule has 1 aliphatic rings. The van der Waals surface area contributed by atoms with Crippen molar-refractivity contribution >= 4 is 11.3 Å². The summed E-state index contributed by atoms with van der Waals surface area (Å²) in [6.45, 7) is 15.3. The smallest absolute Gasteiger partial charge is 0.0465 e. The van der Waals surface area contributed by atoms with Gasteiger partial charge in [0.2, 0.25) is 0 Å². The van der Waals surface area contributed by atoms with Gasteiger partial charge in [0.15, 0.2) is 0 Å². The summed E-state index contributed by atoms with van der Waals surface area (Å²) in [5.74, 6) is 0.660. The average Bonchev–Trinajstić information content (AvgIpc) is 2.72. The van der Waals surface area contributed by atoms with Crippen LogP contribution in [0.3, 0.4) is 0 Å². The Hall–Kier alpha value is -0.380. The van der Waals surface area contributed by atoms with Crippen LogP contribution < -0.4 is 5.32 Å². The van der Waals surface area contributed by atoms with Crippen molar-refractivity contribution in [3.05, 3.63) is 22.4 Å². The predicted octanol–water partition coefficient (Wildman–Crippen LogP) is 4.16. The summed E-state index contributed by atoms with van der Waals surface area (Å²) in [5, 5.41) is 5.96. The molecule has 1 fully saturated rings. The number of nitrogens with zero attached hydrogens (tertiary/aromatic N) is 1. The quantitative estimate of drug-likeness (QED) is 0.900. The molecule has 0 bridgehead atoms. The molecule has 3 heteroatoms. The highest BCUT2D eigenvalue weighted by Gasteiger charge is 2.32. The number of hydrogen-bond acceptors (Lipinski definition) is 3. The van der Waals surface area contributed by atoms with Gasteiger partial charge in [-0.2, -0.15) is 0 Å². The summed E-state index contributed by atoms with van der Waals surface area (Å²) in [6, 6.07) is 5.64. The Morgan fingerprint density at radius 3 is 2.65 bits per heavy atom. The lowest BCUT2D eigenvalue weighted by atomic mass is 9.86. The summed E-state index contributed by atoms with van der Waals surface area (Å²) in [7, 11) is 0. The molecule has 0 aromatic carbocycles. The molecule has 2 atom stereocenters. The first-order chi connectivity index (χ1) is 9.39. The molecule has 1 aromatic rings. The lowest BCUT2D eigenvalue weighted by molar-refractivity contribution is 0.127. The zero-order valence-corrected chi connectivity index (χ0v) is 14.5. The molecule has 2 unspecified atom stereocenters. The van der Waals surface area contributed by atoms with Gasteiger partial charge in [-0.25, -0.2) is 0 Å². The molecule has 0 saturated carbocycles. The van der Waals surface area contributed by atoms with Crippen molar-refractivity contribution in [3.63, 3.8) is 0 Å². The molecule has 2 heterocycles. The van der Waals surface area contributed by atoms with Crippen LogP contribution in [0.25, 0.3) is 0 Å². The topological polar surface area (TPSA) is 15.3 Å². The zero-order chi connectivity index (χ0) is 14.8. The van der Waals surface area contributed by atoms with Gasteiger partial charge in [-0.15, -0.1) is 11.3 Å². The maximum atomic E-state index is 3.75. The fourth-order valence-corrected chi connectivity index (χ4v) is 4.20. The summed E-state index contributed by atoms with van der Waals surface area (Å²) in [4.78, 5) is 4.24. The molecule has 2 nitrogen and oxygen atoms in total. The molecule has 20 heavy (non-hydrogen) atoms. The maximum Gasteiger partial charge on any atom is 0.0465 e. The van der Waals surface area contributed by atoms with E-state index >= 15 is 0 Å². The number of rotatable bonds is 3. The van der Waals surface area contributed by atoms with E-state index in [1.54, 1.807) is 0 Å². The number of nitrogens with one attached hydrogen (secondary N) is 1. The standard InChI is InChI=1S/C17H30N2S/c1-13(2)16(14-8-6-11-20-14)19-10-7-9-18-15(12-19)17(3,4)5/h6,8,11,13,15-16,18H,7,9-10,12H2,1-5H3. The van der Waals surface area contributed by atoms with Crippen LogP contribution in [0.15, 0.2) is 17.5 Å². The highest BCUT2D eigenvalue weighted by atomic mass is 32.1. The van der Waals surface area contributed by atoms with Gasteiger partial charge in [-0.05, 0) is 35.7 Å². The molecule has 114 valence electrons. The second-order valence-electron chi connectivity index (χ2n) is 7.43. The summed E-state index contributed by atoms with van der Waals surface area (Å²) in [5.41, 5.74) is 0.319. The molecule has 0 aliphatic carbocycles. The van der Waals surface area contributed by atoms with E-state index in [0.717, 1.165) is 13.1 Å². The van der Waals surface area contributed by atoms with Crippen LogP contribution in [0.1, 0.15) is 52.0 Å². The Morgan fingerprint density at radius 1 is 1.35 bits per heavy atom. The van der Waals surface area contributed by atoms with Crippen molar-refractivity contribution in [1.29, 1.82) is 0 Å². The van der Waals surface area contributed by atoms with Gasteiger partial charge in [0, 0.05) is 30.1 Å². The first-order valence-electron chi connectivity index (χ1n) is 7.90. The predicted molar refractivity (Wildman–Crippen MR) is 89.3 cm³/mol. The third-order valence-electron chi connectivity index (χ3n) is 4.33. The molecular formula is C17H30N2S. The normalized spacial score (nSPS) is 23.8. The van der Waals surface area contributed by atoms with Gasteiger partial charge in [0.25, 0.3) is 0 Å². The van der Waals surface area contributed by atoms with Crippen molar-refractivity contribution in [2.75, 3.05) is 19.6 Å². The van der Waals surface area contributed by atoms with Crippen molar-refractivity contribution in [2.45, 2.75) is 53.1 Å². The first kappa shape index (κ1) is 16.0. The summed E-state index contributed by atoms with van der Waals surface area (Å²) < 4.78 is 0. The minimum absolute atomic E-state index is 0.319. The van der Waals surface area contributed by atoms with E-state index in [4.69, 9.17) is 0 Å². The molecular weight excluding hydrogens is 264 g/mol. The van der Waals surface area contributed by atoms with Gasteiger partial charge in [0.05, 0.1) is 0 Å². The van der Waals surface area contributed by atoms with E-state index in [1.165, 1.54) is 17.8 Å². The second-order valence-corrected chi connectivity index (χ2v) is 8.40. The van der Waals surface area contributed by atoms with E-state index in [2.05, 4.69) is 62.3 Å². The van der Waals surface area contributed by atoms with Crippen molar-refractivity contribution < 1.29 is 0 Å². The SMILES string of the molecule is CC(C)C(c1cccs1)N1CCCNC(C(C)(C)C)C1. The van der Waals surface area contributed by atoms with Crippen LogP contribution in [0.4, 0.5) is 0 Å².